The number of nitrogens with one attached hydrogen (secondary N) is 1. The molecule has 2 unspecified atom stereocenters. The van der Waals surface area contributed by atoms with E-state index in [4.69, 9.17) is 0 Å². The van der Waals surface area contributed by atoms with Crippen molar-refractivity contribution in [3.8, 4) is 0 Å². The van der Waals surface area contributed by atoms with Crippen LogP contribution in [0, 0.1) is 5.92 Å². The lowest BCUT2D eigenvalue weighted by atomic mass is 9.91. The van der Waals surface area contributed by atoms with Crippen LogP contribution < -0.4 is 5.32 Å². The first-order valence-electron chi connectivity index (χ1n) is 6.41. The topological polar surface area (TPSA) is 15.3 Å². The fourth-order valence-electron chi connectivity index (χ4n) is 3.66. The van der Waals surface area contributed by atoms with Crippen molar-refractivity contribution in [2.75, 3.05) is 19.6 Å². The van der Waals surface area contributed by atoms with Gasteiger partial charge in [0.2, 0.25) is 0 Å². The summed E-state index contributed by atoms with van der Waals surface area (Å²) >= 11 is 0. The summed E-state index contributed by atoms with van der Waals surface area (Å²) in [6.45, 7) is 4.00. The van der Waals surface area contributed by atoms with E-state index < -0.39 is 0 Å². The fourth-order valence-corrected chi connectivity index (χ4v) is 3.66. The van der Waals surface area contributed by atoms with Gasteiger partial charge >= 0.3 is 0 Å². The first-order chi connectivity index (χ1) is 6.93. The highest BCUT2D eigenvalue weighted by atomic mass is 35.5. The summed E-state index contributed by atoms with van der Waals surface area (Å²) in [5.74, 6) is 1.01. The van der Waals surface area contributed by atoms with Gasteiger partial charge in [-0.15, -0.1) is 12.4 Å². The molecule has 3 fully saturated rings. The summed E-state index contributed by atoms with van der Waals surface area (Å²) in [5, 5.41) is 3.67. The minimum atomic E-state index is 0. The first kappa shape index (κ1) is 11.7. The predicted molar refractivity (Wildman–Crippen MR) is 65.6 cm³/mol. The number of nitrogens with zero attached hydrogens (tertiary/aromatic N) is 1. The maximum absolute atomic E-state index is 3.67. The van der Waals surface area contributed by atoms with Gasteiger partial charge in [0.25, 0.3) is 0 Å². The van der Waals surface area contributed by atoms with Gasteiger partial charge < -0.3 is 5.32 Å². The minimum Gasteiger partial charge on any atom is -0.312 e. The number of likely N-dealkylation sites (tertiary alicyclic amines) is 1. The maximum atomic E-state index is 3.67. The van der Waals surface area contributed by atoms with Crippen molar-refractivity contribution in [3.63, 3.8) is 0 Å². The molecule has 0 amide bonds. The van der Waals surface area contributed by atoms with Crippen molar-refractivity contribution < 1.29 is 0 Å². The van der Waals surface area contributed by atoms with Gasteiger partial charge in [-0.2, -0.15) is 0 Å². The molecule has 1 aliphatic carbocycles. The second kappa shape index (κ2) is 5.03. The third-order valence-electron chi connectivity index (χ3n) is 4.55. The molecule has 0 aromatic heterocycles. The lowest BCUT2D eigenvalue weighted by molar-refractivity contribution is 0.120. The number of hydrogen-bond donors (Lipinski definition) is 1. The first-order valence-corrected chi connectivity index (χ1v) is 6.41. The number of halogens is 1. The van der Waals surface area contributed by atoms with Gasteiger partial charge in [-0.1, -0.05) is 12.8 Å². The highest BCUT2D eigenvalue weighted by Gasteiger charge is 2.35. The Morgan fingerprint density at radius 3 is 2.60 bits per heavy atom. The van der Waals surface area contributed by atoms with E-state index in [1.807, 2.05) is 0 Å². The van der Waals surface area contributed by atoms with Crippen LogP contribution in [0.4, 0.5) is 0 Å². The molecule has 1 N–H and O–H groups in total. The second-order valence-electron chi connectivity index (χ2n) is 5.33. The van der Waals surface area contributed by atoms with Crippen LogP contribution in [-0.2, 0) is 0 Å². The highest BCUT2D eigenvalue weighted by molar-refractivity contribution is 5.85. The molecule has 15 heavy (non-hydrogen) atoms. The lowest BCUT2D eigenvalue weighted by Crippen LogP contribution is -2.49. The Kier molecular flexibility index (Phi) is 3.92. The van der Waals surface area contributed by atoms with Gasteiger partial charge in [0.15, 0.2) is 0 Å². The Bertz CT molecular complexity index is 204. The van der Waals surface area contributed by atoms with E-state index in [0.717, 1.165) is 18.0 Å². The van der Waals surface area contributed by atoms with E-state index in [1.165, 1.54) is 58.2 Å². The van der Waals surface area contributed by atoms with E-state index in [0.29, 0.717) is 0 Å². The van der Waals surface area contributed by atoms with Crippen LogP contribution in [0.5, 0.6) is 0 Å². The van der Waals surface area contributed by atoms with Crippen molar-refractivity contribution in [1.29, 1.82) is 0 Å². The third kappa shape index (κ3) is 2.32. The molecular formula is C12H23ClN2. The van der Waals surface area contributed by atoms with Crippen molar-refractivity contribution in [3.05, 3.63) is 0 Å². The summed E-state index contributed by atoms with van der Waals surface area (Å²) in [6.07, 6.45) is 8.78. The molecule has 1 saturated carbocycles. The van der Waals surface area contributed by atoms with E-state index in [2.05, 4.69) is 10.2 Å². The van der Waals surface area contributed by atoms with Crippen LogP contribution in [-0.4, -0.2) is 36.6 Å². The van der Waals surface area contributed by atoms with Crippen LogP contribution in [0.3, 0.4) is 0 Å². The van der Waals surface area contributed by atoms with Crippen LogP contribution in [0.25, 0.3) is 0 Å². The van der Waals surface area contributed by atoms with Gasteiger partial charge in [0.05, 0.1) is 0 Å². The Hall–Kier alpha value is 0.210. The molecule has 2 aliphatic heterocycles. The monoisotopic (exact) mass is 230 g/mol. The van der Waals surface area contributed by atoms with E-state index in [9.17, 15) is 0 Å². The Balaban J connectivity index is 0.000000853. The number of hydrogen-bond acceptors (Lipinski definition) is 2. The van der Waals surface area contributed by atoms with Crippen LogP contribution in [0.15, 0.2) is 0 Å². The molecule has 88 valence electrons. The van der Waals surface area contributed by atoms with Crippen LogP contribution >= 0.6 is 12.4 Å². The lowest BCUT2D eigenvalue weighted by Gasteiger charge is -2.38. The molecule has 0 aromatic carbocycles. The zero-order chi connectivity index (χ0) is 9.38. The van der Waals surface area contributed by atoms with E-state index >= 15 is 0 Å². The van der Waals surface area contributed by atoms with Crippen LogP contribution in [0.1, 0.15) is 38.5 Å². The summed E-state index contributed by atoms with van der Waals surface area (Å²) in [6, 6.07) is 1.78. The van der Waals surface area contributed by atoms with Crippen molar-refractivity contribution in [2.24, 2.45) is 5.92 Å². The quantitative estimate of drug-likeness (QED) is 0.742. The van der Waals surface area contributed by atoms with Crippen molar-refractivity contribution in [2.45, 2.75) is 50.6 Å². The molecular weight excluding hydrogens is 208 g/mol. The average Bonchev–Trinajstić information content (AvgIpc) is 2.88. The largest absolute Gasteiger partial charge is 0.312 e. The second-order valence-corrected chi connectivity index (χ2v) is 5.33. The maximum Gasteiger partial charge on any atom is 0.0224 e. The minimum absolute atomic E-state index is 0. The molecule has 2 atom stereocenters. The zero-order valence-corrected chi connectivity index (χ0v) is 10.3. The molecule has 0 radical (unpaired) electrons. The van der Waals surface area contributed by atoms with Gasteiger partial charge in [-0.25, -0.2) is 0 Å². The predicted octanol–water partition coefficient (Wildman–Crippen LogP) is 2.03. The SMILES string of the molecule is C1CCC(N2CCC3CCNC3C2)C1.Cl. The Morgan fingerprint density at radius 2 is 1.80 bits per heavy atom. The van der Waals surface area contributed by atoms with E-state index in [1.54, 1.807) is 0 Å². The molecule has 3 aliphatic rings. The molecule has 2 saturated heterocycles. The van der Waals surface area contributed by atoms with Gasteiger partial charge in [-0.05, 0) is 44.7 Å². The average molecular weight is 231 g/mol. The molecule has 3 rings (SSSR count). The molecule has 2 nitrogen and oxygen atoms in total. The standard InChI is InChI=1S/C12H22N2.ClH/c1-2-4-11(3-1)14-8-6-10-5-7-13-12(10)9-14;/h10-13H,1-9H2;1H. The van der Waals surface area contributed by atoms with E-state index in [-0.39, 0.29) is 12.4 Å². The Labute approximate surface area is 99.2 Å². The molecule has 2 heterocycles. The summed E-state index contributed by atoms with van der Waals surface area (Å²) in [4.78, 5) is 2.77. The normalized spacial score (nSPS) is 37.6. The smallest absolute Gasteiger partial charge is 0.0224 e. The summed E-state index contributed by atoms with van der Waals surface area (Å²) in [7, 11) is 0. The molecule has 0 bridgehead atoms. The summed E-state index contributed by atoms with van der Waals surface area (Å²) < 4.78 is 0. The number of fused-ring (bicyclic) bond motifs is 1. The van der Waals surface area contributed by atoms with Crippen LogP contribution in [0.2, 0.25) is 0 Å². The van der Waals surface area contributed by atoms with Crippen molar-refractivity contribution >= 4 is 12.4 Å². The number of piperidine rings is 1. The van der Waals surface area contributed by atoms with Gasteiger partial charge in [0, 0.05) is 18.6 Å². The fraction of sp³-hybridized carbons (Fsp3) is 1.00. The molecule has 0 aromatic rings. The Morgan fingerprint density at radius 1 is 1.00 bits per heavy atom. The van der Waals surface area contributed by atoms with Crippen molar-refractivity contribution in [1.82, 2.24) is 10.2 Å². The summed E-state index contributed by atoms with van der Waals surface area (Å²) in [5.41, 5.74) is 0. The number of rotatable bonds is 1. The third-order valence-corrected chi connectivity index (χ3v) is 4.55. The molecule has 3 heteroatoms. The highest BCUT2D eigenvalue weighted by Crippen LogP contribution is 2.30. The zero-order valence-electron chi connectivity index (χ0n) is 9.45. The van der Waals surface area contributed by atoms with Gasteiger partial charge in [-0.3, -0.25) is 4.90 Å². The van der Waals surface area contributed by atoms with Gasteiger partial charge in [0.1, 0.15) is 0 Å². The molecule has 0 spiro atoms.